The number of anilines is 1. The molecule has 0 aliphatic carbocycles. The van der Waals surface area contributed by atoms with Gasteiger partial charge in [0.1, 0.15) is 11.6 Å². The van der Waals surface area contributed by atoms with Gasteiger partial charge in [-0.25, -0.2) is 9.97 Å². The number of aromatic amines is 1. The van der Waals surface area contributed by atoms with Crippen LogP contribution in [-0.4, -0.2) is 51.2 Å². The number of aryl methyl sites for hydroxylation is 1. The molecule has 6 nitrogen and oxygen atoms in total. The van der Waals surface area contributed by atoms with Crippen molar-refractivity contribution in [2.24, 2.45) is 0 Å². The van der Waals surface area contributed by atoms with E-state index in [1.165, 1.54) is 0 Å². The third-order valence-corrected chi connectivity index (χ3v) is 5.08. The normalized spacial score (nSPS) is 15.9. The van der Waals surface area contributed by atoms with E-state index >= 15 is 0 Å². The number of aromatic nitrogens is 4. The zero-order chi connectivity index (χ0) is 17.4. The van der Waals surface area contributed by atoms with Gasteiger partial charge in [0.25, 0.3) is 0 Å². The van der Waals surface area contributed by atoms with Crippen LogP contribution in [0.4, 0.5) is 5.82 Å². The monoisotopic (exact) mass is 376 g/mol. The summed E-state index contributed by atoms with van der Waals surface area (Å²) in [7, 11) is 0. The number of halogens is 2. The van der Waals surface area contributed by atoms with Crippen LogP contribution in [0.2, 0.25) is 10.0 Å². The van der Waals surface area contributed by atoms with Gasteiger partial charge >= 0.3 is 0 Å². The molecule has 3 aromatic rings. The first kappa shape index (κ1) is 16.6. The minimum atomic E-state index is 0.625. The molecule has 0 unspecified atom stereocenters. The van der Waals surface area contributed by atoms with E-state index in [0.29, 0.717) is 10.0 Å². The molecule has 25 heavy (non-hydrogen) atoms. The number of fused-ring (bicyclic) bond motifs is 1. The topological polar surface area (TPSA) is 60.9 Å². The molecule has 8 heteroatoms. The number of nitrogens with zero attached hydrogens (tertiary/aromatic N) is 5. The quantitative estimate of drug-likeness (QED) is 0.759. The summed E-state index contributed by atoms with van der Waals surface area (Å²) in [4.78, 5) is 13.7. The van der Waals surface area contributed by atoms with Gasteiger partial charge in [0.2, 0.25) is 0 Å². The molecule has 0 saturated carbocycles. The highest BCUT2D eigenvalue weighted by Crippen LogP contribution is 2.30. The second kappa shape index (κ2) is 6.78. The van der Waals surface area contributed by atoms with Crippen molar-refractivity contribution in [1.29, 1.82) is 0 Å². The lowest BCUT2D eigenvalue weighted by Crippen LogP contribution is -2.46. The molecule has 0 amide bonds. The molecular weight excluding hydrogens is 359 g/mol. The third-order valence-electron chi connectivity index (χ3n) is 4.44. The maximum absolute atomic E-state index is 6.29. The first-order valence-corrected chi connectivity index (χ1v) is 8.96. The van der Waals surface area contributed by atoms with E-state index in [9.17, 15) is 0 Å². The van der Waals surface area contributed by atoms with E-state index in [-0.39, 0.29) is 0 Å². The zero-order valence-corrected chi connectivity index (χ0v) is 15.3. The summed E-state index contributed by atoms with van der Waals surface area (Å²) in [5.41, 5.74) is 0.755. The molecule has 4 rings (SSSR count). The lowest BCUT2D eigenvalue weighted by atomic mass is 10.2. The van der Waals surface area contributed by atoms with Gasteiger partial charge in [-0.1, -0.05) is 23.2 Å². The van der Waals surface area contributed by atoms with Crippen LogP contribution in [0.5, 0.6) is 0 Å². The van der Waals surface area contributed by atoms with Gasteiger partial charge in [-0.3, -0.25) is 10.00 Å². The number of piperazine rings is 1. The van der Waals surface area contributed by atoms with Crippen molar-refractivity contribution in [3.8, 4) is 0 Å². The van der Waals surface area contributed by atoms with Crippen LogP contribution in [0.15, 0.2) is 24.3 Å². The molecule has 0 atom stereocenters. The number of H-pyrrole nitrogens is 1. The van der Waals surface area contributed by atoms with Gasteiger partial charge in [0, 0.05) is 31.6 Å². The highest BCUT2D eigenvalue weighted by molar-refractivity contribution is 6.39. The number of benzene rings is 1. The van der Waals surface area contributed by atoms with Crippen LogP contribution in [0.1, 0.15) is 11.6 Å². The largest absolute Gasteiger partial charge is 0.354 e. The van der Waals surface area contributed by atoms with Crippen molar-refractivity contribution in [2.45, 2.75) is 13.5 Å². The van der Waals surface area contributed by atoms with Crippen LogP contribution < -0.4 is 4.90 Å². The van der Waals surface area contributed by atoms with Crippen molar-refractivity contribution in [1.82, 2.24) is 25.1 Å². The van der Waals surface area contributed by atoms with Crippen LogP contribution in [0.3, 0.4) is 0 Å². The van der Waals surface area contributed by atoms with E-state index in [0.717, 1.165) is 61.1 Å². The molecule has 1 aromatic carbocycles. The number of rotatable bonds is 3. The number of hydrogen-bond donors (Lipinski definition) is 1. The van der Waals surface area contributed by atoms with Gasteiger partial charge in [-0.2, -0.15) is 5.10 Å². The second-order valence-electron chi connectivity index (χ2n) is 6.20. The van der Waals surface area contributed by atoms with Gasteiger partial charge in [-0.15, -0.1) is 0 Å². The van der Waals surface area contributed by atoms with E-state index < -0.39 is 0 Å². The van der Waals surface area contributed by atoms with E-state index in [1.807, 2.05) is 19.1 Å². The van der Waals surface area contributed by atoms with Crippen LogP contribution in [-0.2, 0) is 6.54 Å². The summed E-state index contributed by atoms with van der Waals surface area (Å²) < 4.78 is 0. The van der Waals surface area contributed by atoms with E-state index in [1.54, 1.807) is 12.1 Å². The summed E-state index contributed by atoms with van der Waals surface area (Å²) in [6, 6.07) is 7.60. The van der Waals surface area contributed by atoms with Gasteiger partial charge in [-0.05, 0) is 31.2 Å². The second-order valence-corrected chi connectivity index (χ2v) is 7.01. The summed E-state index contributed by atoms with van der Waals surface area (Å²) in [6.45, 7) is 6.37. The summed E-state index contributed by atoms with van der Waals surface area (Å²) >= 11 is 12.5. The Morgan fingerprint density at radius 3 is 2.48 bits per heavy atom. The molecule has 1 aliphatic heterocycles. The zero-order valence-electron chi connectivity index (χ0n) is 13.8. The highest BCUT2D eigenvalue weighted by atomic mass is 35.5. The molecule has 1 fully saturated rings. The van der Waals surface area contributed by atoms with Crippen LogP contribution >= 0.6 is 23.2 Å². The maximum atomic E-state index is 6.29. The van der Waals surface area contributed by atoms with E-state index in [4.69, 9.17) is 28.2 Å². The smallest absolute Gasteiger partial charge is 0.164 e. The SMILES string of the molecule is Cc1nc(CN2CCN(c3ccc4c(Cl)ccc(Cl)c4n3)CC2)n[nH]1. The van der Waals surface area contributed by atoms with Gasteiger partial charge < -0.3 is 4.90 Å². The first-order chi connectivity index (χ1) is 12.1. The fourth-order valence-corrected chi connectivity index (χ4v) is 3.53. The molecule has 1 N–H and O–H groups in total. The Labute approximate surface area is 155 Å². The Morgan fingerprint density at radius 1 is 1.00 bits per heavy atom. The van der Waals surface area contributed by atoms with Crippen LogP contribution in [0.25, 0.3) is 10.9 Å². The van der Waals surface area contributed by atoms with E-state index in [2.05, 4.69) is 25.0 Å². The Balaban J connectivity index is 1.47. The van der Waals surface area contributed by atoms with Crippen LogP contribution in [0, 0.1) is 6.92 Å². The molecule has 2 aromatic heterocycles. The Bertz CT molecular complexity index is 901. The number of hydrogen-bond acceptors (Lipinski definition) is 5. The van der Waals surface area contributed by atoms with Crippen molar-refractivity contribution < 1.29 is 0 Å². The van der Waals surface area contributed by atoms with Crippen molar-refractivity contribution in [3.63, 3.8) is 0 Å². The minimum Gasteiger partial charge on any atom is -0.354 e. The third kappa shape index (κ3) is 3.42. The minimum absolute atomic E-state index is 0.625. The van der Waals surface area contributed by atoms with Gasteiger partial charge in [0.05, 0.1) is 22.1 Å². The summed E-state index contributed by atoms with van der Waals surface area (Å²) in [5, 5.41) is 9.28. The molecule has 1 saturated heterocycles. The van der Waals surface area contributed by atoms with Crippen molar-refractivity contribution >= 4 is 39.9 Å². The summed E-state index contributed by atoms with van der Waals surface area (Å²) in [5.74, 6) is 2.63. The molecule has 1 aliphatic rings. The molecular formula is C17H18Cl2N6. The van der Waals surface area contributed by atoms with Crippen molar-refractivity contribution in [2.75, 3.05) is 31.1 Å². The Kier molecular flexibility index (Phi) is 4.50. The van der Waals surface area contributed by atoms with Gasteiger partial charge in [0.15, 0.2) is 5.82 Å². The highest BCUT2D eigenvalue weighted by Gasteiger charge is 2.20. The molecule has 0 bridgehead atoms. The fourth-order valence-electron chi connectivity index (χ4n) is 3.11. The number of nitrogens with one attached hydrogen (secondary N) is 1. The Morgan fingerprint density at radius 2 is 1.76 bits per heavy atom. The molecule has 0 spiro atoms. The lowest BCUT2D eigenvalue weighted by Gasteiger charge is -2.35. The molecule has 0 radical (unpaired) electrons. The molecule has 3 heterocycles. The summed E-state index contributed by atoms with van der Waals surface area (Å²) in [6.07, 6.45) is 0. The predicted octanol–water partition coefficient (Wildman–Crippen LogP) is 3.29. The average molecular weight is 377 g/mol. The fraction of sp³-hybridized carbons (Fsp3) is 0.353. The number of pyridine rings is 1. The lowest BCUT2D eigenvalue weighted by molar-refractivity contribution is 0.244. The average Bonchev–Trinajstić information content (AvgIpc) is 3.03. The maximum Gasteiger partial charge on any atom is 0.164 e. The Hall–Kier alpha value is -1.89. The predicted molar refractivity (Wildman–Crippen MR) is 100 cm³/mol. The van der Waals surface area contributed by atoms with Crippen molar-refractivity contribution in [3.05, 3.63) is 46.0 Å². The molecule has 130 valence electrons. The standard InChI is InChI=1S/C17H18Cl2N6/c1-11-20-15(23-22-11)10-24-6-8-25(9-7-24)16-5-2-12-13(18)3-4-14(19)17(12)21-16/h2-5H,6-10H2,1H3,(H,20,22,23). The first-order valence-electron chi connectivity index (χ1n) is 8.20.